The van der Waals surface area contributed by atoms with Crippen LogP contribution in [0, 0.1) is 0 Å². The van der Waals surface area contributed by atoms with Crippen LogP contribution < -0.4 is 10.0 Å². The maximum absolute atomic E-state index is 13.5. The fourth-order valence-electron chi connectivity index (χ4n) is 6.35. The Balaban J connectivity index is 1.15. The minimum atomic E-state index is -3.93. The molecule has 3 fully saturated rings. The maximum Gasteiger partial charge on any atom is 0.317 e. The molecule has 3 atom stereocenters. The molecule has 3 aliphatic rings. The lowest BCUT2D eigenvalue weighted by Crippen LogP contribution is -2.55. The number of thiophene rings is 1. The largest absolute Gasteiger partial charge is 0.337 e. The number of hydrogen-bond acceptors (Lipinski definition) is 7. The number of likely N-dealkylation sites (N-methyl/N-ethyl adjacent to an activating group) is 1. The van der Waals surface area contributed by atoms with Crippen LogP contribution >= 0.6 is 22.9 Å². The number of likely N-dealkylation sites (tertiary alicyclic amines) is 3. The third-order valence-corrected chi connectivity index (χ3v) is 11.9. The molecule has 0 radical (unpaired) electrons. The van der Waals surface area contributed by atoms with Crippen molar-refractivity contribution < 1.29 is 22.8 Å². The van der Waals surface area contributed by atoms with Gasteiger partial charge in [0.2, 0.25) is 11.8 Å². The first-order valence-corrected chi connectivity index (χ1v) is 17.9. The predicted octanol–water partition coefficient (Wildman–Crippen LogP) is 3.33. The molecule has 4 heterocycles. The first-order chi connectivity index (χ1) is 20.7. The summed E-state index contributed by atoms with van der Waals surface area (Å²) in [6, 6.07) is 5.93. The molecule has 0 saturated carbocycles. The highest BCUT2D eigenvalue weighted by atomic mass is 35.5. The molecule has 2 N–H and O–H groups in total. The Hall–Kier alpha value is -2.45. The topological polar surface area (TPSA) is 122 Å². The van der Waals surface area contributed by atoms with E-state index >= 15 is 0 Å². The molecule has 3 aliphatic heterocycles. The molecule has 0 spiro atoms. The van der Waals surface area contributed by atoms with Crippen LogP contribution in [0.25, 0.3) is 10.1 Å². The second kappa shape index (κ2) is 13.1. The zero-order valence-corrected chi connectivity index (χ0v) is 28.2. The van der Waals surface area contributed by atoms with Crippen molar-refractivity contribution in [1.29, 1.82) is 0 Å². The molecule has 11 nitrogen and oxygen atoms in total. The lowest BCUT2D eigenvalue weighted by atomic mass is 10.1. The summed E-state index contributed by atoms with van der Waals surface area (Å²) in [6.07, 6.45) is 3.65. The number of hydrogen-bond donors (Lipinski definition) is 2. The Kier molecular flexibility index (Phi) is 9.81. The van der Waals surface area contributed by atoms with Gasteiger partial charge in [0.05, 0.1) is 6.54 Å². The normalized spacial score (nSPS) is 23.5. The van der Waals surface area contributed by atoms with Crippen molar-refractivity contribution in [2.45, 2.75) is 80.7 Å². The number of nitrogens with one attached hydrogen (secondary N) is 2. The lowest BCUT2D eigenvalue weighted by molar-refractivity contribution is -0.143. The van der Waals surface area contributed by atoms with Crippen LogP contribution in [-0.4, -0.2) is 116 Å². The highest BCUT2D eigenvalue weighted by Crippen LogP contribution is 2.31. The van der Waals surface area contributed by atoms with Crippen molar-refractivity contribution in [3.63, 3.8) is 0 Å². The minimum Gasteiger partial charge on any atom is -0.337 e. The van der Waals surface area contributed by atoms with Gasteiger partial charge < -0.3 is 20.0 Å². The Labute approximate surface area is 268 Å². The van der Waals surface area contributed by atoms with Crippen LogP contribution in [-0.2, 0) is 19.6 Å². The average Bonchev–Trinajstić information content (AvgIpc) is 3.69. The number of halogens is 1. The molecule has 14 heteroatoms. The van der Waals surface area contributed by atoms with E-state index in [1.807, 2.05) is 32.7 Å². The summed E-state index contributed by atoms with van der Waals surface area (Å²) in [5.74, 6) is -0.477. The van der Waals surface area contributed by atoms with Gasteiger partial charge in [-0.25, -0.2) is 13.2 Å². The summed E-state index contributed by atoms with van der Waals surface area (Å²) in [4.78, 5) is 47.0. The molecule has 2 aromatic rings. The second-order valence-electron chi connectivity index (χ2n) is 13.2. The van der Waals surface area contributed by atoms with Crippen LogP contribution in [0.15, 0.2) is 28.5 Å². The zero-order chi connectivity index (χ0) is 31.8. The van der Waals surface area contributed by atoms with E-state index in [1.165, 1.54) is 4.90 Å². The van der Waals surface area contributed by atoms with E-state index in [-0.39, 0.29) is 46.2 Å². The lowest BCUT2D eigenvalue weighted by Gasteiger charge is -2.35. The van der Waals surface area contributed by atoms with Gasteiger partial charge in [-0.15, -0.1) is 11.3 Å². The van der Waals surface area contributed by atoms with Crippen LogP contribution in [0.5, 0.6) is 0 Å². The van der Waals surface area contributed by atoms with E-state index in [0.29, 0.717) is 31.0 Å². The molecule has 1 aromatic heterocycles. The quantitative estimate of drug-likeness (QED) is 0.446. The maximum atomic E-state index is 13.5. The Bertz CT molecular complexity index is 1510. The number of carbonyl (C=O) groups excluding carboxylic acids is 3. The highest BCUT2D eigenvalue weighted by Gasteiger charge is 2.38. The number of sulfonamides is 1. The molecule has 3 unspecified atom stereocenters. The average molecular weight is 667 g/mol. The number of benzene rings is 1. The molecule has 1 aromatic carbocycles. The Morgan fingerprint density at radius 1 is 1.09 bits per heavy atom. The molecule has 0 aliphatic carbocycles. The zero-order valence-electron chi connectivity index (χ0n) is 25.8. The molecular weight excluding hydrogens is 624 g/mol. The summed E-state index contributed by atoms with van der Waals surface area (Å²) < 4.78 is 29.9. The fourth-order valence-corrected chi connectivity index (χ4v) is 9.15. The third kappa shape index (κ3) is 7.67. The van der Waals surface area contributed by atoms with E-state index in [0.717, 1.165) is 60.3 Å². The summed E-state index contributed by atoms with van der Waals surface area (Å²) >= 11 is 7.19. The monoisotopic (exact) mass is 666 g/mol. The van der Waals surface area contributed by atoms with Crippen molar-refractivity contribution in [3.05, 3.63) is 29.3 Å². The van der Waals surface area contributed by atoms with Gasteiger partial charge in [-0.1, -0.05) is 11.6 Å². The van der Waals surface area contributed by atoms with E-state index in [2.05, 4.69) is 14.9 Å². The van der Waals surface area contributed by atoms with Crippen LogP contribution in [0.3, 0.4) is 0 Å². The molecule has 3 saturated heterocycles. The SMILES string of the molecule is CN(C(=O)NC(C)(C)C)C1CCN(CC2CCCN2C(=O)CN2CCCC(NS(=O)(=O)c3cc4cc(Cl)ccc4s3)C2=O)C1. The summed E-state index contributed by atoms with van der Waals surface area (Å²) in [6.45, 7) is 9.23. The van der Waals surface area contributed by atoms with Crippen molar-refractivity contribution in [2.24, 2.45) is 0 Å². The second-order valence-corrected chi connectivity index (χ2v) is 16.7. The molecule has 4 amide bonds. The Morgan fingerprint density at radius 3 is 2.59 bits per heavy atom. The van der Waals surface area contributed by atoms with Crippen molar-refractivity contribution >= 4 is 60.9 Å². The van der Waals surface area contributed by atoms with Crippen molar-refractivity contribution in [3.8, 4) is 0 Å². The number of urea groups is 1. The van der Waals surface area contributed by atoms with Crippen LogP contribution in [0.2, 0.25) is 5.02 Å². The first kappa shape index (κ1) is 32.9. The number of piperidine rings is 1. The number of nitrogens with zero attached hydrogens (tertiary/aromatic N) is 4. The summed E-state index contributed by atoms with van der Waals surface area (Å²) in [7, 11) is -2.10. The molecular formula is C30H43ClN6O5S2. The number of fused-ring (bicyclic) bond motifs is 1. The number of carbonyl (C=O) groups is 3. The minimum absolute atomic E-state index is 0.0469. The van der Waals surface area contributed by atoms with Gasteiger partial charge in [0.25, 0.3) is 10.0 Å². The molecule has 5 rings (SSSR count). The van der Waals surface area contributed by atoms with Gasteiger partial charge in [0.15, 0.2) is 0 Å². The first-order valence-electron chi connectivity index (χ1n) is 15.3. The van der Waals surface area contributed by atoms with Crippen LogP contribution in [0.4, 0.5) is 4.79 Å². The summed E-state index contributed by atoms with van der Waals surface area (Å²) in [5.41, 5.74) is -0.303. The predicted molar refractivity (Wildman–Crippen MR) is 172 cm³/mol. The molecule has 242 valence electrons. The van der Waals surface area contributed by atoms with E-state index in [1.54, 1.807) is 29.2 Å². The van der Waals surface area contributed by atoms with E-state index in [4.69, 9.17) is 11.6 Å². The standard InChI is InChI=1S/C30H43ClN6O5S2/c1-30(2,3)32-29(40)34(4)22-11-14-35(17-22)18-23-7-5-13-37(23)26(38)19-36-12-6-8-24(28(36)39)33-44(41,42)27-16-20-15-21(31)9-10-25(20)43-27/h9-10,15-16,22-24,33H,5-8,11-14,17-19H2,1-4H3,(H,32,40). The third-order valence-electron chi connectivity index (χ3n) is 8.64. The highest BCUT2D eigenvalue weighted by molar-refractivity contribution is 7.91. The van der Waals surface area contributed by atoms with Crippen molar-refractivity contribution in [1.82, 2.24) is 29.6 Å². The van der Waals surface area contributed by atoms with Gasteiger partial charge in [0.1, 0.15) is 10.3 Å². The molecule has 44 heavy (non-hydrogen) atoms. The number of amides is 4. The van der Waals surface area contributed by atoms with Crippen molar-refractivity contribution in [2.75, 3.05) is 46.3 Å². The van der Waals surface area contributed by atoms with E-state index < -0.39 is 16.1 Å². The Morgan fingerprint density at radius 2 is 1.84 bits per heavy atom. The van der Waals surface area contributed by atoms with Crippen LogP contribution in [0.1, 0.15) is 52.9 Å². The van der Waals surface area contributed by atoms with Gasteiger partial charge in [-0.3, -0.25) is 14.5 Å². The fraction of sp³-hybridized carbons (Fsp3) is 0.633. The smallest absolute Gasteiger partial charge is 0.317 e. The number of rotatable bonds is 8. The van der Waals surface area contributed by atoms with E-state index in [9.17, 15) is 22.8 Å². The molecule has 0 bridgehead atoms. The summed E-state index contributed by atoms with van der Waals surface area (Å²) in [5, 5.41) is 4.27. The van der Waals surface area contributed by atoms with Gasteiger partial charge in [-0.05, 0) is 82.5 Å². The van der Waals surface area contributed by atoms with Gasteiger partial charge in [-0.2, -0.15) is 4.72 Å². The van der Waals surface area contributed by atoms with Gasteiger partial charge in [0, 0.05) is 67.1 Å². The van der Waals surface area contributed by atoms with Gasteiger partial charge >= 0.3 is 6.03 Å².